The topological polar surface area (TPSA) is 58.4 Å². The van der Waals surface area contributed by atoms with Gasteiger partial charge in [-0.2, -0.15) is 16.2 Å². The monoisotopic (exact) mass is 303 g/mol. The highest BCUT2D eigenvalue weighted by molar-refractivity contribution is 7.99. The summed E-state index contributed by atoms with van der Waals surface area (Å²) in [7, 11) is 0. The van der Waals surface area contributed by atoms with Crippen molar-refractivity contribution in [3.63, 3.8) is 0 Å². The highest BCUT2D eigenvalue weighted by atomic mass is 32.2. The van der Waals surface area contributed by atoms with Crippen LogP contribution in [0, 0.1) is 21.7 Å². The number of nitrogens with one attached hydrogen (secondary N) is 1. The molecular weight excluding hydrogens is 288 g/mol. The van der Waals surface area contributed by atoms with Gasteiger partial charge in [0.25, 0.3) is 0 Å². The molecule has 0 bridgehead atoms. The molecule has 1 N–H and O–H groups in total. The zero-order valence-electron chi connectivity index (χ0n) is 10.8. The lowest BCUT2D eigenvalue weighted by molar-refractivity contribution is -0.386. The Morgan fingerprint density at radius 3 is 2.70 bits per heavy atom. The summed E-state index contributed by atoms with van der Waals surface area (Å²) in [5.74, 6) is 0.139. The molecule has 0 saturated carbocycles. The van der Waals surface area contributed by atoms with Crippen LogP contribution >= 0.6 is 11.8 Å². The van der Waals surface area contributed by atoms with E-state index in [1.807, 2.05) is 11.8 Å². The fraction of sp³-hybridized carbons (Fsp3) is 0.500. The molecule has 1 saturated heterocycles. The second-order valence-electron chi connectivity index (χ2n) is 4.42. The average Bonchev–Trinajstić information content (AvgIpc) is 2.38. The van der Waals surface area contributed by atoms with Crippen molar-refractivity contribution >= 4 is 23.1 Å². The SMILES string of the molecule is O=[N+]([O-])c1c(F)cc(F)cc1NCCN1CCSCC1. The molecule has 0 aliphatic carbocycles. The fourth-order valence-corrected chi connectivity index (χ4v) is 3.04. The first-order valence-corrected chi connectivity index (χ1v) is 7.41. The Morgan fingerprint density at radius 1 is 1.35 bits per heavy atom. The van der Waals surface area contributed by atoms with E-state index in [-0.39, 0.29) is 5.69 Å². The summed E-state index contributed by atoms with van der Waals surface area (Å²) < 4.78 is 26.5. The van der Waals surface area contributed by atoms with Gasteiger partial charge in [0.15, 0.2) is 0 Å². The number of nitro benzene ring substituents is 1. The second-order valence-corrected chi connectivity index (χ2v) is 5.65. The Hall–Kier alpha value is -1.41. The molecule has 0 radical (unpaired) electrons. The lowest BCUT2D eigenvalue weighted by atomic mass is 10.2. The normalized spacial score (nSPS) is 16.1. The van der Waals surface area contributed by atoms with E-state index in [2.05, 4.69) is 10.2 Å². The number of nitro groups is 1. The minimum absolute atomic E-state index is 0.112. The quantitative estimate of drug-likeness (QED) is 0.668. The van der Waals surface area contributed by atoms with E-state index in [4.69, 9.17) is 0 Å². The van der Waals surface area contributed by atoms with Crippen molar-refractivity contribution in [1.29, 1.82) is 0 Å². The van der Waals surface area contributed by atoms with Gasteiger partial charge in [-0.05, 0) is 0 Å². The largest absolute Gasteiger partial charge is 0.378 e. The number of hydrogen-bond acceptors (Lipinski definition) is 5. The van der Waals surface area contributed by atoms with Crippen LogP contribution < -0.4 is 5.32 Å². The Labute approximate surface area is 119 Å². The maximum absolute atomic E-state index is 13.4. The maximum Gasteiger partial charge on any atom is 0.327 e. The molecule has 0 spiro atoms. The van der Waals surface area contributed by atoms with Gasteiger partial charge < -0.3 is 5.32 Å². The van der Waals surface area contributed by atoms with E-state index in [9.17, 15) is 18.9 Å². The van der Waals surface area contributed by atoms with E-state index < -0.39 is 22.2 Å². The molecule has 1 aromatic carbocycles. The van der Waals surface area contributed by atoms with E-state index in [0.29, 0.717) is 19.2 Å². The van der Waals surface area contributed by atoms with Crippen molar-refractivity contribution in [1.82, 2.24) is 4.90 Å². The Bertz CT molecular complexity index is 496. The summed E-state index contributed by atoms with van der Waals surface area (Å²) in [6.45, 7) is 3.03. The Balaban J connectivity index is 1.99. The van der Waals surface area contributed by atoms with Crippen molar-refractivity contribution in [2.24, 2.45) is 0 Å². The summed E-state index contributed by atoms with van der Waals surface area (Å²) in [6, 6.07) is 1.47. The maximum atomic E-state index is 13.4. The summed E-state index contributed by atoms with van der Waals surface area (Å²) >= 11 is 1.89. The van der Waals surface area contributed by atoms with E-state index >= 15 is 0 Å². The minimum Gasteiger partial charge on any atom is -0.378 e. The highest BCUT2D eigenvalue weighted by Gasteiger charge is 2.22. The predicted molar refractivity (Wildman–Crippen MR) is 75.3 cm³/mol. The molecule has 0 atom stereocenters. The predicted octanol–water partition coefficient (Wildman–Crippen LogP) is 2.33. The van der Waals surface area contributed by atoms with Crippen LogP contribution in [0.3, 0.4) is 0 Å². The molecule has 20 heavy (non-hydrogen) atoms. The first-order valence-electron chi connectivity index (χ1n) is 6.25. The van der Waals surface area contributed by atoms with Gasteiger partial charge >= 0.3 is 5.69 Å². The van der Waals surface area contributed by atoms with Crippen molar-refractivity contribution in [3.05, 3.63) is 33.9 Å². The molecule has 0 aromatic heterocycles. The molecule has 1 aliphatic rings. The number of thioether (sulfide) groups is 1. The van der Waals surface area contributed by atoms with Crippen LogP contribution in [0.25, 0.3) is 0 Å². The molecular formula is C12H15F2N3O2S. The van der Waals surface area contributed by atoms with Gasteiger partial charge in [-0.1, -0.05) is 0 Å². The molecule has 1 aliphatic heterocycles. The zero-order valence-corrected chi connectivity index (χ0v) is 11.6. The number of anilines is 1. The third-order valence-electron chi connectivity index (χ3n) is 3.06. The Morgan fingerprint density at radius 2 is 2.05 bits per heavy atom. The third kappa shape index (κ3) is 3.80. The highest BCUT2D eigenvalue weighted by Crippen LogP contribution is 2.28. The lowest BCUT2D eigenvalue weighted by Gasteiger charge is -2.26. The molecule has 110 valence electrons. The molecule has 5 nitrogen and oxygen atoms in total. The van der Waals surface area contributed by atoms with Crippen LogP contribution in [0.2, 0.25) is 0 Å². The molecule has 1 aromatic rings. The smallest absolute Gasteiger partial charge is 0.327 e. The van der Waals surface area contributed by atoms with Crippen LogP contribution in [0.1, 0.15) is 0 Å². The summed E-state index contributed by atoms with van der Waals surface area (Å²) in [6.07, 6.45) is 0. The molecule has 0 amide bonds. The zero-order chi connectivity index (χ0) is 14.5. The van der Waals surface area contributed by atoms with Crippen molar-refractivity contribution < 1.29 is 13.7 Å². The fourth-order valence-electron chi connectivity index (χ4n) is 2.06. The number of benzene rings is 1. The number of halogens is 2. The number of hydrogen-bond donors (Lipinski definition) is 1. The van der Waals surface area contributed by atoms with Crippen LogP contribution in [-0.2, 0) is 0 Å². The first kappa shape index (κ1) is 15.0. The van der Waals surface area contributed by atoms with E-state index in [1.54, 1.807) is 0 Å². The van der Waals surface area contributed by atoms with Crippen LogP contribution in [0.15, 0.2) is 12.1 Å². The average molecular weight is 303 g/mol. The standard InChI is InChI=1S/C12H15F2N3O2S/c13-9-7-10(14)12(17(18)19)11(8-9)15-1-2-16-3-5-20-6-4-16/h7-8,15H,1-6H2. The van der Waals surface area contributed by atoms with Gasteiger partial charge in [-0.15, -0.1) is 0 Å². The van der Waals surface area contributed by atoms with Crippen LogP contribution in [0.4, 0.5) is 20.2 Å². The van der Waals surface area contributed by atoms with Gasteiger partial charge in [0.1, 0.15) is 11.5 Å². The number of rotatable bonds is 5. The van der Waals surface area contributed by atoms with Gasteiger partial charge in [-0.25, -0.2) is 4.39 Å². The second kappa shape index (κ2) is 6.85. The minimum atomic E-state index is -1.16. The first-order chi connectivity index (χ1) is 9.58. The molecule has 1 fully saturated rings. The lowest BCUT2D eigenvalue weighted by Crippen LogP contribution is -2.36. The molecule has 2 rings (SSSR count). The molecule has 8 heteroatoms. The summed E-state index contributed by atoms with van der Waals surface area (Å²) in [4.78, 5) is 12.2. The van der Waals surface area contributed by atoms with Gasteiger partial charge in [0, 0.05) is 49.8 Å². The number of nitrogens with zero attached hydrogens (tertiary/aromatic N) is 2. The summed E-state index contributed by atoms with van der Waals surface area (Å²) in [5, 5.41) is 13.6. The van der Waals surface area contributed by atoms with Crippen molar-refractivity contribution in [3.8, 4) is 0 Å². The molecule has 1 heterocycles. The van der Waals surface area contributed by atoms with Gasteiger partial charge in [0.2, 0.25) is 5.82 Å². The van der Waals surface area contributed by atoms with Crippen LogP contribution in [0.5, 0.6) is 0 Å². The Kier molecular flexibility index (Phi) is 5.13. The van der Waals surface area contributed by atoms with E-state index in [0.717, 1.165) is 30.7 Å². The van der Waals surface area contributed by atoms with Gasteiger partial charge in [-0.3, -0.25) is 15.0 Å². The van der Waals surface area contributed by atoms with Gasteiger partial charge in [0.05, 0.1) is 4.92 Å². The van der Waals surface area contributed by atoms with Crippen molar-refractivity contribution in [2.75, 3.05) is 43.0 Å². The summed E-state index contributed by atoms with van der Waals surface area (Å²) in [5.41, 5.74) is -0.820. The van der Waals surface area contributed by atoms with Crippen molar-refractivity contribution in [2.45, 2.75) is 0 Å². The third-order valence-corrected chi connectivity index (χ3v) is 4.00. The van der Waals surface area contributed by atoms with Crippen LogP contribution in [-0.4, -0.2) is 47.5 Å². The van der Waals surface area contributed by atoms with E-state index in [1.165, 1.54) is 0 Å². The molecule has 0 unspecified atom stereocenters.